The van der Waals surface area contributed by atoms with Gasteiger partial charge in [0.25, 0.3) is 0 Å². The molecule has 2 aromatic carbocycles. The zero-order valence-corrected chi connectivity index (χ0v) is 24.4. The number of rotatable bonds is 15. The van der Waals surface area contributed by atoms with Crippen molar-refractivity contribution in [3.63, 3.8) is 0 Å². The van der Waals surface area contributed by atoms with E-state index in [9.17, 15) is 20.1 Å². The molecule has 2 rings (SSSR count). The van der Waals surface area contributed by atoms with Gasteiger partial charge in [0.1, 0.15) is 41.2 Å². The predicted molar refractivity (Wildman–Crippen MR) is 156 cm³/mol. The van der Waals surface area contributed by atoms with Gasteiger partial charge in [-0.1, -0.05) is 56.7 Å². The van der Waals surface area contributed by atoms with Crippen LogP contribution in [0.2, 0.25) is 0 Å². The van der Waals surface area contributed by atoms with Crippen molar-refractivity contribution in [3.8, 4) is 17.9 Å². The van der Waals surface area contributed by atoms with Crippen LogP contribution in [-0.4, -0.2) is 37.9 Å². The van der Waals surface area contributed by atoms with Gasteiger partial charge in [-0.25, -0.2) is 9.59 Å². The Hall–Kier alpha value is -4.40. The minimum Gasteiger partial charge on any atom is -0.483 e. The maximum absolute atomic E-state index is 12.3. The molecule has 0 aliphatic heterocycles. The van der Waals surface area contributed by atoms with Gasteiger partial charge in [-0.2, -0.15) is 10.5 Å². The van der Waals surface area contributed by atoms with E-state index in [1.165, 1.54) is 12.2 Å². The fourth-order valence-electron chi connectivity index (χ4n) is 3.91. The van der Waals surface area contributed by atoms with Crippen molar-refractivity contribution in [1.82, 2.24) is 0 Å². The van der Waals surface area contributed by atoms with Gasteiger partial charge in [-0.3, -0.25) is 0 Å². The maximum Gasteiger partial charge on any atom is 0.349 e. The SMILES string of the molecule is CCCC(C)(Oc1ccc(/C=C(\C#N)C(=O)OCCOCC)cc1)c1ccc(/C=C(\C#N)C(=O)OC(C)CC)cc1. The number of carbonyl (C=O) groups excluding carboxylic acids is 2. The van der Waals surface area contributed by atoms with Gasteiger partial charge in [0.2, 0.25) is 0 Å². The van der Waals surface area contributed by atoms with Crippen molar-refractivity contribution in [1.29, 1.82) is 10.5 Å². The number of carbonyl (C=O) groups is 2. The van der Waals surface area contributed by atoms with Crippen LogP contribution in [0.1, 0.15) is 70.6 Å². The molecule has 0 aromatic heterocycles. The van der Waals surface area contributed by atoms with Crippen LogP contribution in [0.5, 0.6) is 5.75 Å². The summed E-state index contributed by atoms with van der Waals surface area (Å²) >= 11 is 0. The summed E-state index contributed by atoms with van der Waals surface area (Å²) in [6.07, 6.45) is 5.00. The summed E-state index contributed by atoms with van der Waals surface area (Å²) in [5, 5.41) is 18.8. The molecular formula is C33H38N2O6. The Morgan fingerprint density at radius 2 is 1.44 bits per heavy atom. The van der Waals surface area contributed by atoms with Crippen molar-refractivity contribution >= 4 is 24.1 Å². The summed E-state index contributed by atoms with van der Waals surface area (Å²) in [6.45, 7) is 10.5. The highest BCUT2D eigenvalue weighted by Gasteiger charge is 2.28. The third kappa shape index (κ3) is 10.3. The van der Waals surface area contributed by atoms with E-state index in [2.05, 4.69) is 6.92 Å². The third-order valence-corrected chi connectivity index (χ3v) is 6.32. The monoisotopic (exact) mass is 558 g/mol. The maximum atomic E-state index is 12.3. The number of esters is 2. The van der Waals surface area contributed by atoms with E-state index in [0.717, 1.165) is 18.4 Å². The van der Waals surface area contributed by atoms with E-state index in [1.54, 1.807) is 31.2 Å². The molecule has 216 valence electrons. The summed E-state index contributed by atoms with van der Waals surface area (Å²) in [4.78, 5) is 24.5. The van der Waals surface area contributed by atoms with E-state index >= 15 is 0 Å². The molecule has 0 radical (unpaired) electrons. The fourth-order valence-corrected chi connectivity index (χ4v) is 3.91. The van der Waals surface area contributed by atoms with E-state index in [0.29, 0.717) is 29.9 Å². The molecule has 0 spiro atoms. The first-order chi connectivity index (χ1) is 19.7. The van der Waals surface area contributed by atoms with Crippen LogP contribution in [0.15, 0.2) is 59.7 Å². The Kier molecular flexibility index (Phi) is 13.3. The fraction of sp³-hybridized carbons (Fsp3) is 0.394. The second-order valence-corrected chi connectivity index (χ2v) is 9.57. The molecule has 0 saturated heterocycles. The first-order valence-corrected chi connectivity index (χ1v) is 13.8. The van der Waals surface area contributed by atoms with Crippen LogP contribution in [0.4, 0.5) is 0 Å². The van der Waals surface area contributed by atoms with Crippen LogP contribution in [-0.2, 0) is 29.4 Å². The molecule has 0 fully saturated rings. The minimum atomic E-state index is -0.698. The Labute approximate surface area is 242 Å². The quantitative estimate of drug-likeness (QED) is 0.105. The van der Waals surface area contributed by atoms with Crippen LogP contribution in [0, 0.1) is 22.7 Å². The molecule has 0 saturated carbocycles. The lowest BCUT2D eigenvalue weighted by molar-refractivity contribution is -0.143. The molecule has 0 aliphatic carbocycles. The normalized spacial score (nSPS) is 13.7. The summed E-state index contributed by atoms with van der Waals surface area (Å²) in [7, 11) is 0. The standard InChI is InChI=1S/C33H38N2O6/c1-6-17-33(5,29-13-9-25(10-14-29)21-28(23-35)32(37)40-24(4)7-2)41-30-15-11-26(12-16-30)20-27(22-34)31(36)39-19-18-38-8-3/h9-16,20-21,24H,6-8,17-19H2,1-5H3/b27-20+,28-21+. The van der Waals surface area contributed by atoms with E-state index in [1.807, 2.05) is 57.2 Å². The summed E-state index contributed by atoms with van der Waals surface area (Å²) < 4.78 is 21.9. The topological polar surface area (TPSA) is 119 Å². The minimum absolute atomic E-state index is 0.0573. The molecule has 0 bridgehead atoms. The lowest BCUT2D eigenvalue weighted by atomic mass is 9.90. The molecule has 41 heavy (non-hydrogen) atoms. The number of nitriles is 2. The lowest BCUT2D eigenvalue weighted by Crippen LogP contribution is -2.29. The Morgan fingerprint density at radius 3 is 1.95 bits per heavy atom. The largest absolute Gasteiger partial charge is 0.483 e. The average Bonchev–Trinajstić information content (AvgIpc) is 2.97. The summed E-state index contributed by atoms with van der Waals surface area (Å²) in [5.41, 5.74) is 1.48. The molecule has 0 amide bonds. The average molecular weight is 559 g/mol. The van der Waals surface area contributed by atoms with Crippen LogP contribution in [0.3, 0.4) is 0 Å². The van der Waals surface area contributed by atoms with E-state index in [4.69, 9.17) is 18.9 Å². The van der Waals surface area contributed by atoms with Gasteiger partial charge >= 0.3 is 11.9 Å². The summed E-state index contributed by atoms with van der Waals surface area (Å²) in [6, 6.07) is 18.4. The van der Waals surface area contributed by atoms with Crippen molar-refractivity contribution in [2.45, 2.75) is 65.6 Å². The highest BCUT2D eigenvalue weighted by atomic mass is 16.6. The van der Waals surface area contributed by atoms with Crippen molar-refractivity contribution in [2.75, 3.05) is 19.8 Å². The Balaban J connectivity index is 2.19. The number of hydrogen-bond donors (Lipinski definition) is 0. The van der Waals surface area contributed by atoms with Crippen molar-refractivity contribution < 1.29 is 28.5 Å². The van der Waals surface area contributed by atoms with E-state index < -0.39 is 17.5 Å². The highest BCUT2D eigenvalue weighted by molar-refractivity contribution is 5.98. The van der Waals surface area contributed by atoms with Gasteiger partial charge in [-0.05, 0) is 74.6 Å². The van der Waals surface area contributed by atoms with E-state index in [-0.39, 0.29) is 30.5 Å². The van der Waals surface area contributed by atoms with Gasteiger partial charge in [0, 0.05) is 6.61 Å². The van der Waals surface area contributed by atoms with Gasteiger partial charge in [0.15, 0.2) is 0 Å². The number of nitrogens with zero attached hydrogens (tertiary/aromatic N) is 2. The van der Waals surface area contributed by atoms with Crippen molar-refractivity contribution in [3.05, 3.63) is 76.4 Å². The Morgan fingerprint density at radius 1 is 0.878 bits per heavy atom. The number of benzene rings is 2. The molecule has 8 heteroatoms. The van der Waals surface area contributed by atoms with Crippen molar-refractivity contribution in [2.24, 2.45) is 0 Å². The zero-order chi connectivity index (χ0) is 30.3. The van der Waals surface area contributed by atoms with Crippen LogP contribution >= 0.6 is 0 Å². The first kappa shape index (κ1) is 32.8. The number of ether oxygens (including phenoxy) is 4. The Bertz CT molecular complexity index is 1300. The second-order valence-electron chi connectivity index (χ2n) is 9.57. The lowest BCUT2D eigenvalue weighted by Gasteiger charge is -2.31. The van der Waals surface area contributed by atoms with Gasteiger partial charge < -0.3 is 18.9 Å². The molecule has 2 atom stereocenters. The molecule has 0 aliphatic rings. The van der Waals surface area contributed by atoms with Gasteiger partial charge in [0.05, 0.1) is 12.7 Å². The summed E-state index contributed by atoms with van der Waals surface area (Å²) in [5.74, 6) is -0.709. The first-order valence-electron chi connectivity index (χ1n) is 13.8. The molecule has 0 N–H and O–H groups in total. The van der Waals surface area contributed by atoms with Gasteiger partial charge in [-0.15, -0.1) is 0 Å². The second kappa shape index (κ2) is 16.6. The number of hydrogen-bond acceptors (Lipinski definition) is 8. The molecule has 2 unspecified atom stereocenters. The van der Waals surface area contributed by atoms with Crippen LogP contribution < -0.4 is 4.74 Å². The third-order valence-electron chi connectivity index (χ3n) is 6.32. The molecule has 2 aromatic rings. The molecule has 8 nitrogen and oxygen atoms in total. The zero-order valence-electron chi connectivity index (χ0n) is 24.4. The van der Waals surface area contributed by atoms with Crippen LogP contribution in [0.25, 0.3) is 12.2 Å². The highest BCUT2D eigenvalue weighted by Crippen LogP contribution is 2.33. The molecular weight excluding hydrogens is 520 g/mol. The molecule has 0 heterocycles. The smallest absolute Gasteiger partial charge is 0.349 e. The predicted octanol–water partition coefficient (Wildman–Crippen LogP) is 6.52.